The van der Waals surface area contributed by atoms with Gasteiger partial charge in [0, 0.05) is 13.1 Å². The molecule has 2 rings (SSSR count). The summed E-state index contributed by atoms with van der Waals surface area (Å²) >= 11 is 0. The minimum Gasteiger partial charge on any atom is -0.369 e. The number of carbonyl (C=O) groups is 2. The summed E-state index contributed by atoms with van der Waals surface area (Å²) in [4.78, 5) is 25.2. The minimum absolute atomic E-state index is 0.0459. The highest BCUT2D eigenvalue weighted by molar-refractivity contribution is 5.83. The number of piperidine rings is 2. The fraction of sp³-hybridized carbons (Fsp3) is 0.833. The Morgan fingerprint density at radius 3 is 2.65 bits per heavy atom. The minimum atomic E-state index is -0.279. The Morgan fingerprint density at radius 1 is 1.18 bits per heavy atom. The molecule has 0 aromatic heterocycles. The largest absolute Gasteiger partial charge is 0.369 e. The summed E-state index contributed by atoms with van der Waals surface area (Å²) in [7, 11) is 0. The molecule has 0 spiro atoms. The monoisotopic (exact) mass is 239 g/mol. The first-order valence-electron chi connectivity index (χ1n) is 6.50. The van der Waals surface area contributed by atoms with E-state index in [2.05, 4.69) is 5.32 Å². The zero-order chi connectivity index (χ0) is 12.3. The second kappa shape index (κ2) is 5.49. The van der Waals surface area contributed by atoms with Crippen LogP contribution in [0.3, 0.4) is 0 Å². The van der Waals surface area contributed by atoms with E-state index < -0.39 is 0 Å². The van der Waals surface area contributed by atoms with Gasteiger partial charge in [-0.1, -0.05) is 6.42 Å². The summed E-state index contributed by atoms with van der Waals surface area (Å²) in [5.41, 5.74) is 5.32. The van der Waals surface area contributed by atoms with Crippen LogP contribution in [0.5, 0.6) is 0 Å². The Morgan fingerprint density at radius 2 is 2.00 bits per heavy atom. The van der Waals surface area contributed by atoms with Crippen molar-refractivity contribution in [2.75, 3.05) is 19.6 Å². The van der Waals surface area contributed by atoms with Crippen LogP contribution in [0, 0.1) is 5.92 Å². The lowest BCUT2D eigenvalue weighted by Gasteiger charge is -2.35. The first kappa shape index (κ1) is 12.4. The molecule has 0 bridgehead atoms. The highest BCUT2D eigenvalue weighted by Gasteiger charge is 2.31. The number of carbonyl (C=O) groups excluding carboxylic acids is 2. The number of hydrogen-bond acceptors (Lipinski definition) is 3. The number of nitrogens with zero attached hydrogens (tertiary/aromatic N) is 1. The number of nitrogens with one attached hydrogen (secondary N) is 1. The summed E-state index contributed by atoms with van der Waals surface area (Å²) in [6.07, 6.45) is 4.87. The SMILES string of the molecule is NC(=O)C1CCCN(C(=O)[C@H]2CCCCN2)C1. The van der Waals surface area contributed by atoms with Gasteiger partial charge in [-0.15, -0.1) is 0 Å². The molecule has 2 heterocycles. The molecule has 17 heavy (non-hydrogen) atoms. The van der Waals surface area contributed by atoms with E-state index in [0.29, 0.717) is 6.54 Å². The molecule has 2 saturated heterocycles. The van der Waals surface area contributed by atoms with Gasteiger partial charge in [0.25, 0.3) is 0 Å². The van der Waals surface area contributed by atoms with Gasteiger partial charge in [0.15, 0.2) is 0 Å². The van der Waals surface area contributed by atoms with E-state index in [1.807, 2.05) is 4.90 Å². The molecule has 3 N–H and O–H groups in total. The van der Waals surface area contributed by atoms with Gasteiger partial charge in [-0.25, -0.2) is 0 Å². The Labute approximate surface area is 102 Å². The molecule has 5 heteroatoms. The summed E-state index contributed by atoms with van der Waals surface area (Å²) in [6.45, 7) is 2.19. The molecule has 0 aromatic rings. The number of primary amides is 1. The molecule has 0 aromatic carbocycles. The highest BCUT2D eigenvalue weighted by atomic mass is 16.2. The third-order valence-corrected chi connectivity index (χ3v) is 3.74. The van der Waals surface area contributed by atoms with Crippen molar-refractivity contribution in [3.8, 4) is 0 Å². The third-order valence-electron chi connectivity index (χ3n) is 3.74. The molecule has 5 nitrogen and oxygen atoms in total. The number of nitrogens with two attached hydrogens (primary N) is 1. The first-order valence-corrected chi connectivity index (χ1v) is 6.50. The summed E-state index contributed by atoms with van der Waals surface area (Å²) < 4.78 is 0. The maximum atomic E-state index is 12.2. The molecule has 1 unspecified atom stereocenters. The van der Waals surface area contributed by atoms with Gasteiger partial charge in [0.2, 0.25) is 11.8 Å². The second-order valence-electron chi connectivity index (χ2n) is 5.03. The van der Waals surface area contributed by atoms with E-state index in [0.717, 1.165) is 45.2 Å². The molecular weight excluding hydrogens is 218 g/mol. The lowest BCUT2D eigenvalue weighted by molar-refractivity contribution is -0.137. The molecule has 0 aliphatic carbocycles. The van der Waals surface area contributed by atoms with Crippen LogP contribution in [0.15, 0.2) is 0 Å². The molecule has 96 valence electrons. The quantitative estimate of drug-likeness (QED) is 0.704. The van der Waals surface area contributed by atoms with E-state index in [9.17, 15) is 9.59 Å². The van der Waals surface area contributed by atoms with Gasteiger partial charge in [-0.05, 0) is 32.2 Å². The van der Waals surface area contributed by atoms with Crippen LogP contribution in [0.25, 0.3) is 0 Å². The number of rotatable bonds is 2. The van der Waals surface area contributed by atoms with Gasteiger partial charge >= 0.3 is 0 Å². The zero-order valence-corrected chi connectivity index (χ0v) is 10.2. The maximum absolute atomic E-state index is 12.2. The van der Waals surface area contributed by atoms with Crippen molar-refractivity contribution < 1.29 is 9.59 Å². The van der Waals surface area contributed by atoms with Gasteiger partial charge in [-0.2, -0.15) is 0 Å². The van der Waals surface area contributed by atoms with Crippen molar-refractivity contribution >= 4 is 11.8 Å². The fourth-order valence-corrected chi connectivity index (χ4v) is 2.69. The van der Waals surface area contributed by atoms with Crippen molar-refractivity contribution in [2.45, 2.75) is 38.1 Å². The van der Waals surface area contributed by atoms with Gasteiger partial charge < -0.3 is 16.0 Å². The van der Waals surface area contributed by atoms with Gasteiger partial charge in [0.1, 0.15) is 0 Å². The van der Waals surface area contributed by atoms with Crippen LogP contribution < -0.4 is 11.1 Å². The van der Waals surface area contributed by atoms with Crippen molar-refractivity contribution in [3.05, 3.63) is 0 Å². The van der Waals surface area contributed by atoms with E-state index in [1.165, 1.54) is 0 Å². The van der Waals surface area contributed by atoms with Crippen LogP contribution in [-0.2, 0) is 9.59 Å². The van der Waals surface area contributed by atoms with Crippen molar-refractivity contribution in [2.24, 2.45) is 11.7 Å². The predicted octanol–water partition coefficient (Wildman–Crippen LogP) is -0.148. The second-order valence-corrected chi connectivity index (χ2v) is 5.03. The smallest absolute Gasteiger partial charge is 0.239 e. The van der Waals surface area contributed by atoms with Crippen LogP contribution in [0.2, 0.25) is 0 Å². The molecule has 2 fully saturated rings. The Hall–Kier alpha value is -1.10. The van der Waals surface area contributed by atoms with Crippen LogP contribution in [0.1, 0.15) is 32.1 Å². The van der Waals surface area contributed by atoms with E-state index in [1.54, 1.807) is 0 Å². The summed E-state index contributed by atoms with van der Waals surface area (Å²) in [5.74, 6) is -0.286. The third kappa shape index (κ3) is 2.97. The predicted molar refractivity (Wildman–Crippen MR) is 64.1 cm³/mol. The van der Waals surface area contributed by atoms with Crippen molar-refractivity contribution in [1.29, 1.82) is 0 Å². The number of likely N-dealkylation sites (tertiary alicyclic amines) is 1. The van der Waals surface area contributed by atoms with E-state index in [-0.39, 0.29) is 23.8 Å². The average molecular weight is 239 g/mol. The number of amides is 2. The lowest BCUT2D eigenvalue weighted by Crippen LogP contribution is -2.52. The molecule has 2 amide bonds. The van der Waals surface area contributed by atoms with E-state index >= 15 is 0 Å². The maximum Gasteiger partial charge on any atom is 0.239 e. The molecule has 2 aliphatic heterocycles. The molecular formula is C12H21N3O2. The summed E-state index contributed by atoms with van der Waals surface area (Å²) in [5, 5.41) is 3.25. The van der Waals surface area contributed by atoms with Crippen molar-refractivity contribution in [3.63, 3.8) is 0 Å². The Kier molecular flexibility index (Phi) is 3.99. The fourth-order valence-electron chi connectivity index (χ4n) is 2.69. The van der Waals surface area contributed by atoms with E-state index in [4.69, 9.17) is 5.73 Å². The molecule has 0 radical (unpaired) electrons. The van der Waals surface area contributed by atoms with Crippen LogP contribution in [0.4, 0.5) is 0 Å². The topological polar surface area (TPSA) is 75.4 Å². The highest BCUT2D eigenvalue weighted by Crippen LogP contribution is 2.18. The normalized spacial score (nSPS) is 30.0. The molecule has 2 aliphatic rings. The molecule has 2 atom stereocenters. The standard InChI is InChI=1S/C12H21N3O2/c13-11(16)9-4-3-7-15(8-9)12(17)10-5-1-2-6-14-10/h9-10,14H,1-8H2,(H2,13,16)/t9?,10-/m1/s1. The van der Waals surface area contributed by atoms with Crippen LogP contribution in [-0.4, -0.2) is 42.4 Å². The van der Waals surface area contributed by atoms with Gasteiger partial charge in [0.05, 0.1) is 12.0 Å². The average Bonchev–Trinajstić information content (AvgIpc) is 2.39. The Balaban J connectivity index is 1.91. The number of hydrogen-bond donors (Lipinski definition) is 2. The Bertz CT molecular complexity index is 300. The first-order chi connectivity index (χ1) is 8.18. The van der Waals surface area contributed by atoms with Gasteiger partial charge in [-0.3, -0.25) is 9.59 Å². The summed E-state index contributed by atoms with van der Waals surface area (Å²) in [6, 6.07) is -0.0459. The lowest BCUT2D eigenvalue weighted by atomic mass is 9.96. The molecule has 0 saturated carbocycles. The zero-order valence-electron chi connectivity index (χ0n) is 10.2. The van der Waals surface area contributed by atoms with Crippen molar-refractivity contribution in [1.82, 2.24) is 10.2 Å². The van der Waals surface area contributed by atoms with Crippen LogP contribution >= 0.6 is 0 Å².